The maximum atomic E-state index is 10.5. The zero-order valence-corrected chi connectivity index (χ0v) is 7.58. The molecular weight excluding hydrogens is 176 g/mol. The molecule has 1 aromatic rings. The van der Waals surface area contributed by atoms with Crippen LogP contribution in [0.25, 0.3) is 0 Å². The fourth-order valence-electron chi connectivity index (χ4n) is 0.854. The summed E-state index contributed by atoms with van der Waals surface area (Å²) >= 11 is 0. The summed E-state index contributed by atoms with van der Waals surface area (Å²) in [4.78, 5) is 0.288. The van der Waals surface area contributed by atoms with Gasteiger partial charge in [-0.2, -0.15) is 0 Å². The van der Waals surface area contributed by atoms with Crippen molar-refractivity contribution in [3.8, 4) is 5.75 Å². The summed E-state index contributed by atoms with van der Waals surface area (Å²) < 4.78 is 26.2. The fourth-order valence-corrected chi connectivity index (χ4v) is 1.29. The van der Waals surface area contributed by atoms with Crippen molar-refractivity contribution in [2.75, 3.05) is 6.61 Å². The normalized spacial score (nSPS) is 10.2. The Morgan fingerprint density at radius 3 is 2.75 bits per heavy atom. The van der Waals surface area contributed by atoms with E-state index in [9.17, 15) is 8.42 Å². The Hall–Kier alpha value is -1.03. The van der Waals surface area contributed by atoms with Crippen LogP contribution in [0.2, 0.25) is 0 Å². The van der Waals surface area contributed by atoms with Crippen LogP contribution in [0.15, 0.2) is 29.2 Å². The minimum atomic E-state index is -2.50. The quantitative estimate of drug-likeness (QED) is 0.718. The molecule has 0 aromatic heterocycles. The van der Waals surface area contributed by atoms with E-state index in [0.29, 0.717) is 12.4 Å². The molecule has 0 atom stereocenters. The summed E-state index contributed by atoms with van der Waals surface area (Å²) in [5.74, 6) is 0.592. The van der Waals surface area contributed by atoms with Crippen molar-refractivity contribution in [3.63, 3.8) is 0 Å². The number of benzene rings is 1. The van der Waals surface area contributed by atoms with Crippen LogP contribution in [0.4, 0.5) is 0 Å². The first kappa shape index (κ1) is 9.06. The molecule has 0 aliphatic rings. The fraction of sp³-hybridized carbons (Fsp3) is 0.250. The molecule has 1 aromatic carbocycles. The summed E-state index contributed by atoms with van der Waals surface area (Å²) in [6, 6.07) is 6.43. The minimum absolute atomic E-state index is 0.288. The Kier molecular flexibility index (Phi) is 3.10. The molecule has 0 saturated heterocycles. The lowest BCUT2D eigenvalue weighted by Gasteiger charge is -2.01. The highest BCUT2D eigenvalue weighted by atomic mass is 32.2. The van der Waals surface area contributed by atoms with Gasteiger partial charge in [0.15, 0.2) is 10.7 Å². The first-order chi connectivity index (χ1) is 5.74. The van der Waals surface area contributed by atoms with E-state index in [1.807, 2.05) is 6.92 Å². The highest BCUT2D eigenvalue weighted by molar-refractivity contribution is 7.72. The summed E-state index contributed by atoms with van der Waals surface area (Å²) in [5.41, 5.74) is 0. The van der Waals surface area contributed by atoms with Gasteiger partial charge in [0, 0.05) is 0 Å². The van der Waals surface area contributed by atoms with Crippen LogP contribution < -0.4 is 4.74 Å². The minimum Gasteiger partial charge on any atom is -0.494 e. The first-order valence-corrected chi connectivity index (χ1v) is 4.79. The average molecular weight is 186 g/mol. The Balaban J connectivity index is 2.95. The molecule has 0 spiro atoms. The van der Waals surface area contributed by atoms with Gasteiger partial charge in [-0.1, -0.05) is 6.07 Å². The summed E-state index contributed by atoms with van der Waals surface area (Å²) in [6.07, 6.45) is 0. The highest BCUT2D eigenvalue weighted by Crippen LogP contribution is 2.13. The third kappa shape index (κ3) is 2.23. The van der Waals surface area contributed by atoms with Crippen molar-refractivity contribution >= 4 is 10.7 Å². The van der Waals surface area contributed by atoms with Crippen LogP contribution in [0.3, 0.4) is 0 Å². The van der Waals surface area contributed by atoms with Crippen LogP contribution in [-0.2, 0) is 10.7 Å². The van der Waals surface area contributed by atoms with Gasteiger partial charge >= 0.3 is 0 Å². The second kappa shape index (κ2) is 4.11. The van der Waals surface area contributed by atoms with E-state index in [4.69, 9.17) is 4.74 Å². The molecule has 0 fully saturated rings. The Morgan fingerprint density at radius 2 is 2.17 bits per heavy atom. The topological polar surface area (TPSA) is 43.4 Å². The van der Waals surface area contributed by atoms with Crippen LogP contribution in [0.1, 0.15) is 6.92 Å². The lowest BCUT2D eigenvalue weighted by Crippen LogP contribution is -1.91. The number of thiol groups is 1. The van der Waals surface area contributed by atoms with Crippen LogP contribution in [-0.4, -0.2) is 15.0 Å². The summed E-state index contributed by atoms with van der Waals surface area (Å²) in [5, 5.41) is 0. The number of hydrogen-bond acceptors (Lipinski definition) is 3. The van der Waals surface area contributed by atoms with Gasteiger partial charge in [0.25, 0.3) is 0 Å². The van der Waals surface area contributed by atoms with Crippen molar-refractivity contribution in [2.45, 2.75) is 11.8 Å². The largest absolute Gasteiger partial charge is 0.494 e. The molecule has 12 heavy (non-hydrogen) atoms. The maximum Gasteiger partial charge on any atom is 0.168 e. The molecule has 0 aliphatic carbocycles. The highest BCUT2D eigenvalue weighted by Gasteiger charge is 1.96. The molecule has 0 unspecified atom stereocenters. The molecule has 0 N–H and O–H groups in total. The maximum absolute atomic E-state index is 10.5. The molecule has 0 aliphatic heterocycles. The predicted molar refractivity (Wildman–Crippen MR) is 46.2 cm³/mol. The van der Waals surface area contributed by atoms with Crippen molar-refractivity contribution in [1.82, 2.24) is 0 Å². The van der Waals surface area contributed by atoms with Crippen molar-refractivity contribution < 1.29 is 13.2 Å². The van der Waals surface area contributed by atoms with Crippen LogP contribution >= 0.6 is 0 Å². The number of hydrogen-bond donors (Lipinski definition) is 1. The molecule has 4 heteroatoms. The zero-order valence-electron chi connectivity index (χ0n) is 6.69. The third-order valence-corrected chi connectivity index (χ3v) is 2.04. The standard InChI is InChI=1S/C8H10O3S/c1-2-11-7-4-3-5-8(6-7)12(9)10/h3-6,12H,2H2,1H3. The zero-order chi connectivity index (χ0) is 8.97. The van der Waals surface area contributed by atoms with E-state index >= 15 is 0 Å². The molecule has 1 rings (SSSR count). The number of ether oxygens (including phenoxy) is 1. The van der Waals surface area contributed by atoms with E-state index in [1.54, 1.807) is 12.1 Å². The summed E-state index contributed by atoms with van der Waals surface area (Å²) in [7, 11) is -2.50. The Morgan fingerprint density at radius 1 is 1.42 bits per heavy atom. The third-order valence-electron chi connectivity index (χ3n) is 1.34. The van der Waals surface area contributed by atoms with Gasteiger partial charge < -0.3 is 4.74 Å². The SMILES string of the molecule is CCOc1cccc([SH](=O)=O)c1. The molecule has 3 nitrogen and oxygen atoms in total. The molecule has 66 valence electrons. The van der Waals surface area contributed by atoms with Gasteiger partial charge in [-0.3, -0.25) is 0 Å². The Labute approximate surface area is 72.9 Å². The van der Waals surface area contributed by atoms with E-state index < -0.39 is 10.7 Å². The van der Waals surface area contributed by atoms with Gasteiger partial charge in [-0.25, -0.2) is 8.42 Å². The lowest BCUT2D eigenvalue weighted by molar-refractivity contribution is 0.339. The van der Waals surface area contributed by atoms with E-state index in [-0.39, 0.29) is 4.90 Å². The molecule has 0 bridgehead atoms. The van der Waals surface area contributed by atoms with Gasteiger partial charge in [0.1, 0.15) is 5.75 Å². The molecular formula is C8H10O3S. The van der Waals surface area contributed by atoms with E-state index in [1.165, 1.54) is 12.1 Å². The van der Waals surface area contributed by atoms with Gasteiger partial charge in [0.05, 0.1) is 11.5 Å². The van der Waals surface area contributed by atoms with Gasteiger partial charge in [0.2, 0.25) is 0 Å². The van der Waals surface area contributed by atoms with E-state index in [2.05, 4.69) is 0 Å². The second-order valence-electron chi connectivity index (χ2n) is 2.19. The lowest BCUT2D eigenvalue weighted by atomic mass is 10.3. The van der Waals surface area contributed by atoms with Crippen molar-refractivity contribution in [3.05, 3.63) is 24.3 Å². The number of rotatable bonds is 3. The molecule has 0 saturated carbocycles. The predicted octanol–water partition coefficient (Wildman–Crippen LogP) is 1.06. The van der Waals surface area contributed by atoms with Crippen molar-refractivity contribution in [2.24, 2.45) is 0 Å². The molecule has 0 heterocycles. The second-order valence-corrected chi connectivity index (χ2v) is 3.22. The van der Waals surface area contributed by atoms with Crippen LogP contribution in [0, 0.1) is 0 Å². The summed E-state index contributed by atoms with van der Waals surface area (Å²) in [6.45, 7) is 2.39. The molecule has 0 amide bonds. The van der Waals surface area contributed by atoms with E-state index in [0.717, 1.165) is 0 Å². The van der Waals surface area contributed by atoms with Crippen LogP contribution in [0.5, 0.6) is 5.75 Å². The Bertz CT molecular complexity index is 323. The van der Waals surface area contributed by atoms with Gasteiger partial charge in [-0.05, 0) is 25.1 Å². The first-order valence-electron chi connectivity index (χ1n) is 3.61. The molecule has 0 radical (unpaired) electrons. The van der Waals surface area contributed by atoms with Gasteiger partial charge in [-0.15, -0.1) is 0 Å². The smallest absolute Gasteiger partial charge is 0.168 e. The van der Waals surface area contributed by atoms with Crippen molar-refractivity contribution in [1.29, 1.82) is 0 Å². The average Bonchev–Trinajstić information content (AvgIpc) is 2.05. The monoisotopic (exact) mass is 186 g/mol.